The minimum absolute atomic E-state index is 0.0914. The number of carbonyl (C=O) groups excluding carboxylic acids is 1. The van der Waals surface area contributed by atoms with Crippen molar-refractivity contribution in [3.8, 4) is 0 Å². The molecule has 22 heavy (non-hydrogen) atoms. The minimum atomic E-state index is -1.17. The molecular weight excluding hydrogens is 302 g/mol. The number of carbonyl (C=O) groups is 1. The fourth-order valence-electron chi connectivity index (χ4n) is 1.94. The topological polar surface area (TPSA) is 92.1 Å². The predicted molar refractivity (Wildman–Crippen MR) is 84.6 cm³/mol. The Hall–Kier alpha value is -1.93. The van der Waals surface area contributed by atoms with E-state index in [1.807, 2.05) is 13.8 Å². The number of urea groups is 1. The Kier molecular flexibility index (Phi) is 4.82. The van der Waals surface area contributed by atoms with E-state index in [2.05, 4.69) is 20.7 Å². The smallest absolute Gasteiger partial charge is 0.315 e. The van der Waals surface area contributed by atoms with Gasteiger partial charge in [-0.25, -0.2) is 9.78 Å². The lowest BCUT2D eigenvalue weighted by Crippen LogP contribution is -2.44. The van der Waals surface area contributed by atoms with Crippen molar-refractivity contribution in [1.82, 2.24) is 25.4 Å². The number of rotatable bonds is 5. The summed E-state index contributed by atoms with van der Waals surface area (Å²) in [5.41, 5.74) is -0.522. The maximum absolute atomic E-state index is 11.9. The Morgan fingerprint density at radius 3 is 2.82 bits per heavy atom. The number of aryl methyl sites for hydroxylation is 2. The fraction of sp³-hybridized carbons (Fsp3) is 0.500. The van der Waals surface area contributed by atoms with Gasteiger partial charge >= 0.3 is 6.03 Å². The number of thiazole rings is 1. The van der Waals surface area contributed by atoms with E-state index in [1.165, 1.54) is 0 Å². The molecule has 0 aromatic carbocycles. The third-order valence-corrected chi connectivity index (χ3v) is 4.37. The Morgan fingerprint density at radius 1 is 1.55 bits per heavy atom. The molecule has 2 atom stereocenters. The van der Waals surface area contributed by atoms with Crippen LogP contribution in [0.5, 0.6) is 0 Å². The molecule has 120 valence electrons. The van der Waals surface area contributed by atoms with Crippen molar-refractivity contribution in [3.05, 3.63) is 34.0 Å². The predicted octanol–water partition coefficient (Wildman–Crippen LogP) is 1.45. The van der Waals surface area contributed by atoms with Crippen LogP contribution in [0, 0.1) is 6.92 Å². The summed E-state index contributed by atoms with van der Waals surface area (Å²) in [6, 6.07) is -0.522. The summed E-state index contributed by atoms with van der Waals surface area (Å²) in [4.78, 5) is 17.3. The summed E-state index contributed by atoms with van der Waals surface area (Å²) in [5.74, 6) is 0. The SMILES string of the molecule is Cc1cnc(C(C)NC(=O)NCC(C)(O)c2cnn(C)c2)s1. The molecule has 0 fully saturated rings. The Bertz CT molecular complexity index is 649. The van der Waals surface area contributed by atoms with Crippen LogP contribution in [0.3, 0.4) is 0 Å². The standard InChI is InChI=1S/C14H21N5O2S/c1-9-5-15-12(22-9)10(2)18-13(20)16-8-14(3,21)11-6-17-19(4)7-11/h5-7,10,21H,8H2,1-4H3,(H2,16,18,20). The molecule has 0 radical (unpaired) electrons. The van der Waals surface area contributed by atoms with Gasteiger partial charge in [0.2, 0.25) is 0 Å². The van der Waals surface area contributed by atoms with Crippen molar-refractivity contribution < 1.29 is 9.90 Å². The van der Waals surface area contributed by atoms with E-state index in [-0.39, 0.29) is 18.6 Å². The van der Waals surface area contributed by atoms with Crippen molar-refractivity contribution in [1.29, 1.82) is 0 Å². The van der Waals surface area contributed by atoms with E-state index in [0.717, 1.165) is 9.88 Å². The van der Waals surface area contributed by atoms with Crippen LogP contribution in [-0.4, -0.2) is 32.4 Å². The molecule has 0 saturated carbocycles. The van der Waals surface area contributed by atoms with E-state index >= 15 is 0 Å². The first-order valence-electron chi connectivity index (χ1n) is 6.96. The number of hydrogen-bond donors (Lipinski definition) is 3. The fourth-order valence-corrected chi connectivity index (χ4v) is 2.71. The lowest BCUT2D eigenvalue weighted by molar-refractivity contribution is 0.0592. The molecule has 0 saturated heterocycles. The zero-order chi connectivity index (χ0) is 16.3. The summed E-state index contributed by atoms with van der Waals surface area (Å²) in [6.07, 6.45) is 5.09. The number of amides is 2. The number of nitrogens with one attached hydrogen (secondary N) is 2. The molecule has 0 aliphatic carbocycles. The van der Waals surface area contributed by atoms with E-state index in [4.69, 9.17) is 0 Å². The molecule has 2 rings (SSSR count). The van der Waals surface area contributed by atoms with E-state index < -0.39 is 5.60 Å². The molecule has 0 aliphatic heterocycles. The molecule has 2 heterocycles. The summed E-state index contributed by atoms with van der Waals surface area (Å²) in [5, 5.41) is 20.8. The van der Waals surface area contributed by atoms with E-state index in [9.17, 15) is 9.90 Å². The van der Waals surface area contributed by atoms with Gasteiger partial charge in [0.05, 0.1) is 18.8 Å². The van der Waals surface area contributed by atoms with Gasteiger partial charge in [-0.05, 0) is 20.8 Å². The largest absolute Gasteiger partial charge is 0.383 e. The van der Waals surface area contributed by atoms with Crippen LogP contribution in [0.2, 0.25) is 0 Å². The maximum atomic E-state index is 11.9. The van der Waals surface area contributed by atoms with Crippen LogP contribution in [0.15, 0.2) is 18.6 Å². The van der Waals surface area contributed by atoms with Gasteiger partial charge in [0.15, 0.2) is 0 Å². The zero-order valence-corrected chi connectivity index (χ0v) is 13.9. The number of nitrogens with zero attached hydrogens (tertiary/aromatic N) is 3. The van der Waals surface area contributed by atoms with Gasteiger partial charge < -0.3 is 15.7 Å². The molecule has 8 heteroatoms. The lowest BCUT2D eigenvalue weighted by atomic mass is 10.00. The van der Waals surface area contributed by atoms with E-state index in [0.29, 0.717) is 5.56 Å². The minimum Gasteiger partial charge on any atom is -0.383 e. The molecule has 2 unspecified atom stereocenters. The summed E-state index contributed by atoms with van der Waals surface area (Å²) in [7, 11) is 1.78. The van der Waals surface area contributed by atoms with Gasteiger partial charge in [-0.3, -0.25) is 4.68 Å². The molecule has 2 amide bonds. The normalized spacial score (nSPS) is 15.1. The third kappa shape index (κ3) is 4.05. The van der Waals surface area contributed by atoms with Crippen molar-refractivity contribution in [2.45, 2.75) is 32.4 Å². The van der Waals surface area contributed by atoms with Crippen LogP contribution >= 0.6 is 11.3 Å². The number of aliphatic hydroxyl groups is 1. The summed E-state index contributed by atoms with van der Waals surface area (Å²) < 4.78 is 1.61. The first kappa shape index (κ1) is 16.4. The highest BCUT2D eigenvalue weighted by atomic mass is 32.1. The zero-order valence-electron chi connectivity index (χ0n) is 13.1. The summed E-state index contributed by atoms with van der Waals surface area (Å²) >= 11 is 1.55. The Labute approximate surface area is 133 Å². The summed E-state index contributed by atoms with van der Waals surface area (Å²) in [6.45, 7) is 5.57. The third-order valence-electron chi connectivity index (χ3n) is 3.28. The first-order valence-corrected chi connectivity index (χ1v) is 7.78. The Balaban J connectivity index is 1.87. The second-order valence-corrected chi connectivity index (χ2v) is 6.80. The molecule has 2 aromatic heterocycles. The Morgan fingerprint density at radius 2 is 2.27 bits per heavy atom. The van der Waals surface area contributed by atoms with Crippen molar-refractivity contribution in [3.63, 3.8) is 0 Å². The quantitative estimate of drug-likeness (QED) is 0.776. The van der Waals surface area contributed by atoms with Crippen molar-refractivity contribution >= 4 is 17.4 Å². The average molecular weight is 323 g/mol. The second kappa shape index (κ2) is 6.45. The van der Waals surface area contributed by atoms with Gasteiger partial charge in [0.25, 0.3) is 0 Å². The van der Waals surface area contributed by atoms with E-state index in [1.54, 1.807) is 48.6 Å². The first-order chi connectivity index (χ1) is 10.3. The van der Waals surface area contributed by atoms with Gasteiger partial charge in [0, 0.05) is 29.9 Å². The van der Waals surface area contributed by atoms with Crippen molar-refractivity contribution in [2.75, 3.05) is 6.54 Å². The molecule has 0 spiro atoms. The number of hydrogen-bond acceptors (Lipinski definition) is 5. The number of aromatic nitrogens is 3. The molecule has 3 N–H and O–H groups in total. The van der Waals surface area contributed by atoms with Crippen molar-refractivity contribution in [2.24, 2.45) is 7.05 Å². The van der Waals surface area contributed by atoms with Crippen LogP contribution in [0.1, 0.15) is 35.3 Å². The average Bonchev–Trinajstić information content (AvgIpc) is 3.05. The highest BCUT2D eigenvalue weighted by Gasteiger charge is 2.25. The lowest BCUT2D eigenvalue weighted by Gasteiger charge is -2.23. The molecule has 7 nitrogen and oxygen atoms in total. The molecule has 0 bridgehead atoms. The van der Waals surface area contributed by atoms with Crippen LogP contribution in [-0.2, 0) is 12.6 Å². The second-order valence-electron chi connectivity index (χ2n) is 5.53. The molecule has 0 aliphatic rings. The highest BCUT2D eigenvalue weighted by Crippen LogP contribution is 2.20. The molecule has 2 aromatic rings. The van der Waals surface area contributed by atoms with Gasteiger partial charge in [0.1, 0.15) is 10.6 Å². The monoisotopic (exact) mass is 323 g/mol. The van der Waals surface area contributed by atoms with Crippen LogP contribution in [0.25, 0.3) is 0 Å². The van der Waals surface area contributed by atoms with Gasteiger partial charge in [-0.1, -0.05) is 0 Å². The van der Waals surface area contributed by atoms with Gasteiger partial charge in [-0.2, -0.15) is 5.10 Å². The highest BCUT2D eigenvalue weighted by molar-refractivity contribution is 7.11. The maximum Gasteiger partial charge on any atom is 0.315 e. The molecular formula is C14H21N5O2S. The van der Waals surface area contributed by atoms with Crippen LogP contribution in [0.4, 0.5) is 4.79 Å². The van der Waals surface area contributed by atoms with Gasteiger partial charge in [-0.15, -0.1) is 11.3 Å². The van der Waals surface area contributed by atoms with Crippen LogP contribution < -0.4 is 10.6 Å².